The Labute approximate surface area is 237 Å². The number of carbonyl (C=O) groups is 6. The molecule has 0 unspecified atom stereocenters. The predicted octanol–water partition coefficient (Wildman–Crippen LogP) is -1.66. The first-order valence-corrected chi connectivity index (χ1v) is 13.3. The summed E-state index contributed by atoms with van der Waals surface area (Å²) in [5.41, 5.74) is 12.1. The van der Waals surface area contributed by atoms with E-state index >= 15 is 0 Å². The number of hydrogen-bond acceptors (Lipinski definition) is 9. The molecule has 0 aromatic heterocycles. The molecule has 0 bridgehead atoms. The Kier molecular flexibility index (Phi) is 13.0. The highest BCUT2D eigenvalue weighted by atomic mass is 16.5. The number of hydrogen-bond donors (Lipinski definition) is 8. The van der Waals surface area contributed by atoms with Gasteiger partial charge in [-0.2, -0.15) is 0 Å². The molecule has 1 aromatic rings. The van der Waals surface area contributed by atoms with Crippen LogP contribution in [0.4, 0.5) is 10.5 Å². The van der Waals surface area contributed by atoms with Gasteiger partial charge in [0.1, 0.15) is 18.1 Å². The van der Waals surface area contributed by atoms with Gasteiger partial charge < -0.3 is 47.9 Å². The van der Waals surface area contributed by atoms with Crippen LogP contribution in [0.3, 0.4) is 0 Å². The van der Waals surface area contributed by atoms with E-state index in [1.165, 1.54) is 0 Å². The van der Waals surface area contributed by atoms with Crippen molar-refractivity contribution in [3.05, 3.63) is 29.8 Å². The maximum Gasteiger partial charge on any atom is 0.328 e. The van der Waals surface area contributed by atoms with Gasteiger partial charge in [0.05, 0.1) is 25.7 Å². The van der Waals surface area contributed by atoms with Crippen molar-refractivity contribution in [3.8, 4) is 0 Å². The van der Waals surface area contributed by atoms with E-state index < -0.39 is 72.1 Å². The number of primary amides is 1. The number of anilines is 1. The number of aliphatic hydroxyl groups is 1. The van der Waals surface area contributed by atoms with Crippen LogP contribution in [0.1, 0.15) is 45.1 Å². The molecule has 0 aliphatic carbocycles. The van der Waals surface area contributed by atoms with Crippen molar-refractivity contribution in [2.24, 2.45) is 17.4 Å². The average Bonchev–Trinajstić information content (AvgIpc) is 3.32. The fraction of sp³-hybridized carbons (Fsp3) is 0.538. The molecule has 0 saturated carbocycles. The lowest BCUT2D eigenvalue weighted by Gasteiger charge is -2.26. The Morgan fingerprint density at radius 3 is 2.29 bits per heavy atom. The predicted molar refractivity (Wildman–Crippen MR) is 147 cm³/mol. The highest BCUT2D eigenvalue weighted by Gasteiger charge is 2.32. The minimum atomic E-state index is -1.30. The first kappa shape index (κ1) is 33.0. The fourth-order valence-electron chi connectivity index (χ4n) is 3.94. The minimum absolute atomic E-state index is 0.134. The van der Waals surface area contributed by atoms with E-state index in [9.17, 15) is 33.9 Å². The summed E-state index contributed by atoms with van der Waals surface area (Å²) in [6.07, 6.45) is 0.338. The first-order valence-electron chi connectivity index (χ1n) is 13.3. The van der Waals surface area contributed by atoms with Crippen LogP contribution in [-0.4, -0.2) is 78.1 Å². The molecular weight excluding hydrogens is 538 g/mol. The second-order valence-electron chi connectivity index (χ2n) is 9.96. The number of esters is 1. The number of urea groups is 1. The van der Waals surface area contributed by atoms with E-state index in [1.54, 1.807) is 38.1 Å². The van der Waals surface area contributed by atoms with Gasteiger partial charge in [-0.1, -0.05) is 26.0 Å². The van der Waals surface area contributed by atoms with Crippen molar-refractivity contribution in [3.63, 3.8) is 0 Å². The van der Waals surface area contributed by atoms with E-state index in [2.05, 4.69) is 26.6 Å². The van der Waals surface area contributed by atoms with Crippen LogP contribution in [0.15, 0.2) is 24.3 Å². The standard InChI is InChI=1S/C26H39N7O8/c1-14(2)21(33-22(36)17(27)12-20(35)31-19-9-11-41-25(19)39)24(38)32-18(4-3-10-29-26(28)40)23(37)30-16-7-5-15(13-34)6-8-16/h5-8,14,17-19,21,34H,3-4,9-13,27H2,1-2H3,(H,30,37)(H,31,35)(H,32,38)(H,33,36)(H3,28,29,40)/t17-,18-,19-,21-/m0/s1. The maximum absolute atomic E-state index is 13.2. The highest BCUT2D eigenvalue weighted by Crippen LogP contribution is 2.12. The number of amides is 6. The molecule has 2 rings (SSSR count). The van der Waals surface area contributed by atoms with Gasteiger partial charge in [0.15, 0.2) is 0 Å². The lowest BCUT2D eigenvalue weighted by molar-refractivity contribution is -0.141. The smallest absolute Gasteiger partial charge is 0.328 e. The largest absolute Gasteiger partial charge is 0.464 e. The van der Waals surface area contributed by atoms with Crippen LogP contribution in [0.25, 0.3) is 0 Å². The SMILES string of the molecule is CC(C)[C@H](NC(=O)[C@@H](N)CC(=O)N[C@H]1CCOC1=O)C(=O)N[C@@H](CCCNC(N)=O)C(=O)Nc1ccc(CO)cc1. The monoisotopic (exact) mass is 577 g/mol. The maximum atomic E-state index is 13.2. The van der Waals surface area contributed by atoms with Gasteiger partial charge in [-0.15, -0.1) is 0 Å². The molecule has 0 radical (unpaired) electrons. The minimum Gasteiger partial charge on any atom is -0.464 e. The van der Waals surface area contributed by atoms with Crippen LogP contribution in [-0.2, 0) is 35.3 Å². The lowest BCUT2D eigenvalue weighted by atomic mass is 10.0. The highest BCUT2D eigenvalue weighted by molar-refractivity contribution is 5.99. The quantitative estimate of drug-likeness (QED) is 0.0877. The molecule has 6 amide bonds. The number of nitrogens with two attached hydrogens (primary N) is 2. The third-order valence-electron chi connectivity index (χ3n) is 6.27. The molecular formula is C26H39N7O8. The van der Waals surface area contributed by atoms with Gasteiger partial charge in [-0.05, 0) is 36.5 Å². The molecule has 1 aliphatic heterocycles. The van der Waals surface area contributed by atoms with Crippen molar-refractivity contribution in [2.45, 2.75) is 70.3 Å². The normalized spacial score (nSPS) is 16.6. The summed E-state index contributed by atoms with van der Waals surface area (Å²) in [5.74, 6) is -3.55. The van der Waals surface area contributed by atoms with Gasteiger partial charge >= 0.3 is 12.0 Å². The molecule has 226 valence electrons. The van der Waals surface area contributed by atoms with Crippen LogP contribution in [0, 0.1) is 5.92 Å². The Morgan fingerprint density at radius 1 is 1.05 bits per heavy atom. The molecule has 0 spiro atoms. The average molecular weight is 578 g/mol. The second kappa shape index (κ2) is 16.1. The van der Waals surface area contributed by atoms with E-state index in [-0.39, 0.29) is 26.2 Å². The zero-order valence-corrected chi connectivity index (χ0v) is 23.1. The van der Waals surface area contributed by atoms with Crippen molar-refractivity contribution in [1.82, 2.24) is 21.3 Å². The summed E-state index contributed by atoms with van der Waals surface area (Å²) >= 11 is 0. The zero-order chi connectivity index (χ0) is 30.5. The van der Waals surface area contributed by atoms with Gasteiger partial charge in [0.2, 0.25) is 23.6 Å². The van der Waals surface area contributed by atoms with Crippen LogP contribution in [0.2, 0.25) is 0 Å². The van der Waals surface area contributed by atoms with Gasteiger partial charge in [0, 0.05) is 18.7 Å². The summed E-state index contributed by atoms with van der Waals surface area (Å²) in [4.78, 5) is 73.8. The molecule has 4 atom stereocenters. The number of benzene rings is 1. The molecule has 15 nitrogen and oxygen atoms in total. The lowest BCUT2D eigenvalue weighted by Crippen LogP contribution is -2.57. The Morgan fingerprint density at radius 2 is 1.73 bits per heavy atom. The number of ether oxygens (including phenoxy) is 1. The van der Waals surface area contributed by atoms with Crippen molar-refractivity contribution in [2.75, 3.05) is 18.5 Å². The van der Waals surface area contributed by atoms with Crippen molar-refractivity contribution < 1.29 is 38.6 Å². The third-order valence-corrected chi connectivity index (χ3v) is 6.27. The molecule has 1 aromatic carbocycles. The molecule has 1 heterocycles. The number of carbonyl (C=O) groups excluding carboxylic acids is 6. The van der Waals surface area contributed by atoms with E-state index in [0.29, 0.717) is 24.1 Å². The molecule has 1 saturated heterocycles. The second-order valence-corrected chi connectivity index (χ2v) is 9.96. The Balaban J connectivity index is 2.03. The summed E-state index contributed by atoms with van der Waals surface area (Å²) in [6.45, 7) is 3.57. The summed E-state index contributed by atoms with van der Waals surface area (Å²) in [5, 5.41) is 22.0. The fourth-order valence-corrected chi connectivity index (χ4v) is 3.94. The van der Waals surface area contributed by atoms with Crippen molar-refractivity contribution in [1.29, 1.82) is 0 Å². The van der Waals surface area contributed by atoms with Gasteiger partial charge in [-0.3, -0.25) is 19.2 Å². The molecule has 41 heavy (non-hydrogen) atoms. The van der Waals surface area contributed by atoms with Gasteiger partial charge in [-0.25, -0.2) is 9.59 Å². The van der Waals surface area contributed by atoms with E-state index in [4.69, 9.17) is 16.2 Å². The van der Waals surface area contributed by atoms with Crippen LogP contribution >= 0.6 is 0 Å². The number of aliphatic hydroxyl groups excluding tert-OH is 1. The number of cyclic esters (lactones) is 1. The molecule has 15 heteroatoms. The van der Waals surface area contributed by atoms with Crippen molar-refractivity contribution >= 4 is 41.3 Å². The Bertz CT molecular complexity index is 1100. The summed E-state index contributed by atoms with van der Waals surface area (Å²) < 4.78 is 4.79. The van der Waals surface area contributed by atoms with Gasteiger partial charge in [0.25, 0.3) is 0 Å². The Hall–Kier alpha value is -4.24. The first-order chi connectivity index (χ1) is 19.4. The topological polar surface area (TPSA) is 244 Å². The number of nitrogens with one attached hydrogen (secondary N) is 5. The van der Waals surface area contributed by atoms with E-state index in [1.807, 2.05) is 0 Å². The van der Waals surface area contributed by atoms with Crippen LogP contribution in [0.5, 0.6) is 0 Å². The zero-order valence-electron chi connectivity index (χ0n) is 23.1. The van der Waals surface area contributed by atoms with Crippen LogP contribution < -0.4 is 38.1 Å². The van der Waals surface area contributed by atoms with E-state index in [0.717, 1.165) is 0 Å². The summed E-state index contributed by atoms with van der Waals surface area (Å²) in [7, 11) is 0. The molecule has 1 fully saturated rings. The molecule has 1 aliphatic rings. The summed E-state index contributed by atoms with van der Waals surface area (Å²) in [6, 6.07) is 1.50. The molecule has 10 N–H and O–H groups in total. The number of rotatable bonds is 15. The third kappa shape index (κ3) is 11.0.